The van der Waals surface area contributed by atoms with Gasteiger partial charge in [-0.2, -0.15) is 0 Å². The number of anilines is 3. The van der Waals surface area contributed by atoms with Gasteiger partial charge < -0.3 is 14.4 Å². The maximum absolute atomic E-state index is 13.1. The monoisotopic (exact) mass is 395 g/mol. The third-order valence-electron chi connectivity index (χ3n) is 5.17. The molecule has 2 amide bonds. The maximum Gasteiger partial charge on any atom is 0.267 e. The van der Waals surface area contributed by atoms with E-state index in [4.69, 9.17) is 9.47 Å². The first-order chi connectivity index (χ1) is 14.2. The number of aromatic nitrogens is 1. The molecule has 2 aliphatic rings. The number of rotatable bonds is 5. The lowest BCUT2D eigenvalue weighted by Crippen LogP contribution is -2.34. The normalized spacial score (nSPS) is 18.8. The zero-order valence-corrected chi connectivity index (χ0v) is 16.5. The van der Waals surface area contributed by atoms with E-state index in [-0.39, 0.29) is 18.1 Å². The van der Waals surface area contributed by atoms with Crippen molar-refractivity contribution in [3.05, 3.63) is 48.2 Å². The Balaban J connectivity index is 1.60. The highest BCUT2D eigenvalue weighted by molar-refractivity contribution is 6.24. The molecule has 1 fully saturated rings. The van der Waals surface area contributed by atoms with Gasteiger partial charge >= 0.3 is 0 Å². The lowest BCUT2D eigenvalue weighted by molar-refractivity contribution is -0.162. The second-order valence-electron chi connectivity index (χ2n) is 7.19. The van der Waals surface area contributed by atoms with Gasteiger partial charge in [-0.15, -0.1) is 0 Å². The largest absolute Gasteiger partial charge is 0.353 e. The molecule has 29 heavy (non-hydrogen) atoms. The molecule has 0 N–H and O–H groups in total. The average Bonchev–Trinajstić information content (AvgIpc) is 2.85. The van der Waals surface area contributed by atoms with E-state index in [1.54, 1.807) is 30.5 Å². The highest BCUT2D eigenvalue weighted by atomic mass is 16.7. The van der Waals surface area contributed by atoms with Crippen molar-refractivity contribution in [2.24, 2.45) is 0 Å². The Bertz CT molecular complexity index is 895. The molecule has 152 valence electrons. The molecule has 1 saturated heterocycles. The zero-order valence-electron chi connectivity index (χ0n) is 16.5. The van der Waals surface area contributed by atoms with Gasteiger partial charge in [0.25, 0.3) is 5.91 Å². The van der Waals surface area contributed by atoms with Crippen LogP contribution in [-0.2, 0) is 14.3 Å². The molecule has 1 atom stereocenters. The van der Waals surface area contributed by atoms with Crippen LogP contribution in [0.4, 0.5) is 17.2 Å². The van der Waals surface area contributed by atoms with Gasteiger partial charge in [-0.1, -0.05) is 12.1 Å². The van der Waals surface area contributed by atoms with Crippen molar-refractivity contribution >= 4 is 29.0 Å². The maximum atomic E-state index is 13.1. The standard InChI is InChI=1S/C22H25N3O4/c1-16(26)25-19-10-6-12-23-21(19)24(18-9-3-2-8-17(18)22(25)27)13-7-15-29-20-11-4-5-14-28-20/h2-3,6,8-10,12,20H,4-5,7,11,13-15H2,1H3. The van der Waals surface area contributed by atoms with E-state index in [0.29, 0.717) is 30.2 Å². The quantitative estimate of drug-likeness (QED) is 0.720. The summed E-state index contributed by atoms with van der Waals surface area (Å²) in [7, 11) is 0. The first-order valence-electron chi connectivity index (χ1n) is 10.1. The number of pyridine rings is 1. The van der Waals surface area contributed by atoms with Gasteiger partial charge in [0.15, 0.2) is 12.1 Å². The van der Waals surface area contributed by atoms with Gasteiger partial charge in [0.1, 0.15) is 0 Å². The number of imide groups is 1. The SMILES string of the molecule is CC(=O)N1C(=O)c2ccccc2N(CCCOC2CCCCO2)c2ncccc21. The molecule has 0 radical (unpaired) electrons. The van der Waals surface area contributed by atoms with Crippen LogP contribution in [-0.4, -0.2) is 42.8 Å². The van der Waals surface area contributed by atoms with Crippen molar-refractivity contribution in [2.75, 3.05) is 29.6 Å². The Morgan fingerprint density at radius 3 is 2.83 bits per heavy atom. The fraction of sp³-hybridized carbons (Fsp3) is 0.409. The van der Waals surface area contributed by atoms with E-state index in [9.17, 15) is 9.59 Å². The summed E-state index contributed by atoms with van der Waals surface area (Å²) in [5, 5.41) is 0. The molecular formula is C22H25N3O4. The molecule has 1 unspecified atom stereocenters. The van der Waals surface area contributed by atoms with Crippen LogP contribution in [0.1, 0.15) is 43.0 Å². The number of amides is 2. The number of hydrogen-bond acceptors (Lipinski definition) is 6. The summed E-state index contributed by atoms with van der Waals surface area (Å²) in [5.74, 6) is -0.0784. The van der Waals surface area contributed by atoms with Crippen molar-refractivity contribution in [1.29, 1.82) is 0 Å². The van der Waals surface area contributed by atoms with Crippen LogP contribution in [0.2, 0.25) is 0 Å². The van der Waals surface area contributed by atoms with E-state index < -0.39 is 0 Å². The van der Waals surface area contributed by atoms with E-state index in [2.05, 4.69) is 4.98 Å². The van der Waals surface area contributed by atoms with Gasteiger partial charge in [0.05, 0.1) is 23.5 Å². The molecule has 0 saturated carbocycles. The minimum absolute atomic E-state index is 0.125. The molecule has 1 aromatic heterocycles. The third kappa shape index (κ3) is 4.02. The summed E-state index contributed by atoms with van der Waals surface area (Å²) in [6.07, 6.45) is 5.44. The summed E-state index contributed by atoms with van der Waals surface area (Å²) >= 11 is 0. The molecule has 3 heterocycles. The first-order valence-corrected chi connectivity index (χ1v) is 10.1. The molecule has 0 bridgehead atoms. The number of hydrogen-bond donors (Lipinski definition) is 0. The number of fused-ring (bicyclic) bond motifs is 2. The van der Waals surface area contributed by atoms with Gasteiger partial charge in [0.2, 0.25) is 5.91 Å². The summed E-state index contributed by atoms with van der Waals surface area (Å²) in [6, 6.07) is 10.8. The molecule has 1 aromatic carbocycles. The van der Waals surface area contributed by atoms with E-state index in [1.165, 1.54) is 11.8 Å². The summed E-state index contributed by atoms with van der Waals surface area (Å²) in [5.41, 5.74) is 1.73. The molecule has 7 nitrogen and oxygen atoms in total. The van der Waals surface area contributed by atoms with Gasteiger partial charge in [-0.05, 0) is 49.9 Å². The highest BCUT2D eigenvalue weighted by Crippen LogP contribution is 2.39. The molecule has 2 aliphatic heterocycles. The molecule has 0 aliphatic carbocycles. The second kappa shape index (κ2) is 8.71. The molecule has 2 aromatic rings. The predicted octanol–water partition coefficient (Wildman–Crippen LogP) is 3.66. The number of ether oxygens (including phenoxy) is 2. The van der Waals surface area contributed by atoms with Gasteiger partial charge in [0, 0.05) is 26.3 Å². The Labute approximate surface area is 170 Å². The topological polar surface area (TPSA) is 72.0 Å². The lowest BCUT2D eigenvalue weighted by Gasteiger charge is -2.26. The fourth-order valence-corrected chi connectivity index (χ4v) is 3.82. The first kappa shape index (κ1) is 19.5. The predicted molar refractivity (Wildman–Crippen MR) is 109 cm³/mol. The van der Waals surface area contributed by atoms with Crippen molar-refractivity contribution < 1.29 is 19.1 Å². The number of carbonyl (C=O) groups is 2. The summed E-state index contributed by atoms with van der Waals surface area (Å²) < 4.78 is 11.5. The lowest BCUT2D eigenvalue weighted by atomic mass is 10.1. The molecular weight excluding hydrogens is 370 g/mol. The highest BCUT2D eigenvalue weighted by Gasteiger charge is 2.33. The smallest absolute Gasteiger partial charge is 0.267 e. The van der Waals surface area contributed by atoms with Gasteiger partial charge in [-0.3, -0.25) is 9.59 Å². The van der Waals surface area contributed by atoms with E-state index in [1.807, 2.05) is 17.0 Å². The minimum atomic E-state index is -0.336. The Morgan fingerprint density at radius 1 is 1.21 bits per heavy atom. The van der Waals surface area contributed by atoms with Crippen molar-refractivity contribution in [2.45, 2.75) is 38.9 Å². The number of nitrogens with zero attached hydrogens (tertiary/aromatic N) is 3. The van der Waals surface area contributed by atoms with Crippen LogP contribution in [0.15, 0.2) is 42.6 Å². The van der Waals surface area contributed by atoms with Crippen molar-refractivity contribution in [3.8, 4) is 0 Å². The van der Waals surface area contributed by atoms with Crippen LogP contribution in [0.5, 0.6) is 0 Å². The number of para-hydroxylation sites is 1. The molecule has 7 heteroatoms. The molecule has 4 rings (SSSR count). The second-order valence-corrected chi connectivity index (χ2v) is 7.19. The summed E-state index contributed by atoms with van der Waals surface area (Å²) in [6.45, 7) is 3.30. The minimum Gasteiger partial charge on any atom is -0.353 e. The van der Waals surface area contributed by atoms with E-state index in [0.717, 1.165) is 38.0 Å². The van der Waals surface area contributed by atoms with Crippen molar-refractivity contribution in [3.63, 3.8) is 0 Å². The average molecular weight is 395 g/mol. The summed E-state index contributed by atoms with van der Waals surface area (Å²) in [4.78, 5) is 33.1. The van der Waals surface area contributed by atoms with Crippen molar-refractivity contribution in [1.82, 2.24) is 4.98 Å². The number of carbonyl (C=O) groups excluding carboxylic acids is 2. The van der Waals surface area contributed by atoms with Crippen LogP contribution < -0.4 is 9.80 Å². The Kier molecular flexibility index (Phi) is 5.87. The third-order valence-corrected chi connectivity index (χ3v) is 5.17. The van der Waals surface area contributed by atoms with Crippen LogP contribution in [0.25, 0.3) is 0 Å². The Hall–Kier alpha value is -2.77. The van der Waals surface area contributed by atoms with E-state index >= 15 is 0 Å². The number of benzene rings is 1. The van der Waals surface area contributed by atoms with Crippen LogP contribution in [0, 0.1) is 0 Å². The fourth-order valence-electron chi connectivity index (χ4n) is 3.82. The molecule has 0 spiro atoms. The van der Waals surface area contributed by atoms with Crippen LogP contribution >= 0.6 is 0 Å². The Morgan fingerprint density at radius 2 is 2.03 bits per heavy atom. The van der Waals surface area contributed by atoms with Gasteiger partial charge in [-0.25, -0.2) is 9.88 Å². The van der Waals surface area contributed by atoms with Crippen LogP contribution in [0.3, 0.4) is 0 Å². The zero-order chi connectivity index (χ0) is 20.2.